The molecule has 0 saturated carbocycles. The molecule has 1 amide bonds. The minimum Gasteiger partial charge on any atom is -0.497 e. The molecule has 6 heteroatoms. The van der Waals surface area contributed by atoms with Crippen LogP contribution in [-0.4, -0.2) is 49.1 Å². The molecule has 1 aliphatic rings. The molecule has 0 spiro atoms. The Hall–Kier alpha value is -3.57. The first-order chi connectivity index (χ1) is 16.1. The van der Waals surface area contributed by atoms with E-state index < -0.39 is 0 Å². The smallest absolute Gasteiger partial charge is 0.254 e. The van der Waals surface area contributed by atoms with Gasteiger partial charge >= 0.3 is 0 Å². The molecule has 3 aromatic carbocycles. The number of nitrogens with zero attached hydrogens (tertiary/aromatic N) is 3. The first-order valence-electron chi connectivity index (χ1n) is 11.0. The third-order valence-corrected chi connectivity index (χ3v) is 6.34. The third-order valence-electron chi connectivity index (χ3n) is 6.09. The van der Waals surface area contributed by atoms with Crippen LogP contribution >= 0.6 is 11.6 Å². The minimum atomic E-state index is 0.0400. The monoisotopic (exact) mass is 457 g/mol. The lowest BCUT2D eigenvalue weighted by Crippen LogP contribution is -2.48. The number of halogens is 1. The molecule has 0 atom stereocenters. The number of amides is 1. The molecule has 5 rings (SSSR count). The number of anilines is 1. The molecule has 4 aromatic rings. The molecule has 0 aliphatic carbocycles. The number of fused-ring (bicyclic) bond motifs is 1. The Bertz CT molecular complexity index is 1280. The van der Waals surface area contributed by atoms with Crippen molar-refractivity contribution in [1.82, 2.24) is 9.88 Å². The molecule has 0 unspecified atom stereocenters. The van der Waals surface area contributed by atoms with E-state index in [2.05, 4.69) is 17.0 Å². The summed E-state index contributed by atoms with van der Waals surface area (Å²) in [4.78, 5) is 22.7. The highest BCUT2D eigenvalue weighted by Gasteiger charge is 2.24. The van der Waals surface area contributed by atoms with E-state index >= 15 is 0 Å². The molecule has 0 N–H and O–H groups in total. The molecular formula is C27H24ClN3O2. The van der Waals surface area contributed by atoms with Crippen LogP contribution in [0.1, 0.15) is 10.4 Å². The van der Waals surface area contributed by atoms with Crippen LogP contribution in [0, 0.1) is 0 Å². The van der Waals surface area contributed by atoms with Gasteiger partial charge in [0.05, 0.1) is 23.9 Å². The van der Waals surface area contributed by atoms with Crippen LogP contribution in [0.3, 0.4) is 0 Å². The number of rotatable bonds is 4. The maximum absolute atomic E-state index is 13.6. The first-order valence-corrected chi connectivity index (χ1v) is 11.3. The van der Waals surface area contributed by atoms with Crippen LogP contribution in [0.5, 0.6) is 5.75 Å². The predicted octanol–water partition coefficient (Wildman–Crippen LogP) is 5.53. The van der Waals surface area contributed by atoms with Crippen molar-refractivity contribution in [1.29, 1.82) is 0 Å². The summed E-state index contributed by atoms with van der Waals surface area (Å²) >= 11 is 6.06. The fourth-order valence-corrected chi connectivity index (χ4v) is 4.38. The van der Waals surface area contributed by atoms with E-state index in [0.717, 1.165) is 46.7 Å². The van der Waals surface area contributed by atoms with Gasteiger partial charge in [-0.1, -0.05) is 41.9 Å². The van der Waals surface area contributed by atoms with Crippen LogP contribution in [-0.2, 0) is 0 Å². The van der Waals surface area contributed by atoms with Crippen molar-refractivity contribution in [2.24, 2.45) is 0 Å². The second-order valence-electron chi connectivity index (χ2n) is 8.06. The fourth-order valence-electron chi connectivity index (χ4n) is 4.25. The molecule has 33 heavy (non-hydrogen) atoms. The van der Waals surface area contributed by atoms with E-state index in [1.165, 1.54) is 0 Å². The summed E-state index contributed by atoms with van der Waals surface area (Å²) in [5.74, 6) is 0.881. The Morgan fingerprint density at radius 1 is 0.909 bits per heavy atom. The van der Waals surface area contributed by atoms with E-state index in [-0.39, 0.29) is 5.91 Å². The molecule has 0 radical (unpaired) electrons. The second-order valence-corrected chi connectivity index (χ2v) is 8.49. The number of hydrogen-bond donors (Lipinski definition) is 0. The van der Waals surface area contributed by atoms with Crippen LogP contribution in [0.4, 0.5) is 5.69 Å². The van der Waals surface area contributed by atoms with Crippen molar-refractivity contribution >= 4 is 34.1 Å². The van der Waals surface area contributed by atoms with Crippen LogP contribution in [0.15, 0.2) is 78.9 Å². The van der Waals surface area contributed by atoms with E-state index in [4.69, 9.17) is 21.3 Å². The topological polar surface area (TPSA) is 45.7 Å². The predicted molar refractivity (Wildman–Crippen MR) is 133 cm³/mol. The zero-order chi connectivity index (χ0) is 22.8. The summed E-state index contributed by atoms with van der Waals surface area (Å²) in [6, 6.07) is 25.3. The lowest BCUT2D eigenvalue weighted by molar-refractivity contribution is 0.0748. The van der Waals surface area contributed by atoms with Crippen LogP contribution < -0.4 is 9.64 Å². The Balaban J connectivity index is 1.40. The average Bonchev–Trinajstić information content (AvgIpc) is 2.88. The van der Waals surface area contributed by atoms with E-state index in [1.54, 1.807) is 7.11 Å². The number of methoxy groups -OCH3 is 1. The molecule has 166 valence electrons. The molecule has 0 bridgehead atoms. The summed E-state index contributed by atoms with van der Waals surface area (Å²) < 4.78 is 5.25. The quantitative estimate of drug-likeness (QED) is 0.404. The van der Waals surface area contributed by atoms with Gasteiger partial charge in [-0.05, 0) is 48.5 Å². The number of benzene rings is 3. The fraction of sp³-hybridized carbons (Fsp3) is 0.185. The van der Waals surface area contributed by atoms with Crippen molar-refractivity contribution in [3.8, 4) is 17.0 Å². The molecule has 1 aliphatic heterocycles. The number of ether oxygens (including phenoxy) is 1. The lowest BCUT2D eigenvalue weighted by Gasteiger charge is -2.36. The number of piperazine rings is 1. The largest absolute Gasteiger partial charge is 0.497 e. The summed E-state index contributed by atoms with van der Waals surface area (Å²) in [6.45, 7) is 2.89. The Morgan fingerprint density at radius 2 is 1.61 bits per heavy atom. The van der Waals surface area contributed by atoms with Gasteiger partial charge in [-0.15, -0.1) is 0 Å². The normalized spacial score (nSPS) is 13.9. The van der Waals surface area contributed by atoms with Gasteiger partial charge in [-0.2, -0.15) is 0 Å². The Labute approximate surface area is 198 Å². The van der Waals surface area contributed by atoms with Gasteiger partial charge in [-0.25, -0.2) is 4.98 Å². The molecule has 1 fully saturated rings. The Kier molecular flexibility index (Phi) is 5.88. The summed E-state index contributed by atoms with van der Waals surface area (Å²) in [7, 11) is 1.67. The third kappa shape index (κ3) is 4.37. The number of para-hydroxylation sites is 1. The number of aromatic nitrogens is 1. The molecule has 2 heterocycles. The highest BCUT2D eigenvalue weighted by atomic mass is 35.5. The summed E-state index contributed by atoms with van der Waals surface area (Å²) in [5, 5.41) is 1.54. The van der Waals surface area contributed by atoms with Crippen LogP contribution in [0.25, 0.3) is 22.2 Å². The molecule has 5 nitrogen and oxygen atoms in total. The van der Waals surface area contributed by atoms with Gasteiger partial charge in [-0.3, -0.25) is 4.79 Å². The van der Waals surface area contributed by atoms with Crippen molar-refractivity contribution in [3.63, 3.8) is 0 Å². The minimum absolute atomic E-state index is 0.0400. The highest BCUT2D eigenvalue weighted by molar-refractivity contribution is 6.30. The SMILES string of the molecule is COc1ccc(N2CCN(C(=O)c3cc(-c4ccc(Cl)cc4)nc4ccccc34)CC2)cc1. The van der Waals surface area contributed by atoms with Crippen LogP contribution in [0.2, 0.25) is 5.02 Å². The van der Waals surface area contributed by atoms with Crippen molar-refractivity contribution in [2.75, 3.05) is 38.2 Å². The molecular weight excluding hydrogens is 434 g/mol. The van der Waals surface area contributed by atoms with Gasteiger partial charge < -0.3 is 14.5 Å². The highest BCUT2D eigenvalue weighted by Crippen LogP contribution is 2.28. The van der Waals surface area contributed by atoms with Gasteiger partial charge in [0, 0.05) is 47.8 Å². The standard InChI is InChI=1S/C27H24ClN3O2/c1-33-22-12-10-21(11-13-22)30-14-16-31(17-15-30)27(32)24-18-26(19-6-8-20(28)9-7-19)29-25-5-3-2-4-23(24)25/h2-13,18H,14-17H2,1H3. The van der Waals surface area contributed by atoms with Gasteiger partial charge in [0.25, 0.3) is 5.91 Å². The van der Waals surface area contributed by atoms with Gasteiger partial charge in [0.1, 0.15) is 5.75 Å². The number of pyridine rings is 1. The summed E-state index contributed by atoms with van der Waals surface area (Å²) in [6.07, 6.45) is 0. The first kappa shape index (κ1) is 21.3. The average molecular weight is 458 g/mol. The summed E-state index contributed by atoms with van der Waals surface area (Å²) in [5.41, 5.74) is 4.34. The lowest BCUT2D eigenvalue weighted by atomic mass is 10.0. The number of carbonyl (C=O) groups excluding carboxylic acids is 1. The van der Waals surface area contributed by atoms with Gasteiger partial charge in [0.2, 0.25) is 0 Å². The molecule has 1 aromatic heterocycles. The Morgan fingerprint density at radius 3 is 2.30 bits per heavy atom. The number of hydrogen-bond acceptors (Lipinski definition) is 4. The van der Waals surface area contributed by atoms with E-state index in [9.17, 15) is 4.79 Å². The maximum atomic E-state index is 13.6. The zero-order valence-electron chi connectivity index (χ0n) is 18.4. The zero-order valence-corrected chi connectivity index (χ0v) is 19.1. The van der Waals surface area contributed by atoms with Crippen molar-refractivity contribution in [3.05, 3.63) is 89.4 Å². The second kappa shape index (κ2) is 9.12. The van der Waals surface area contributed by atoms with Gasteiger partial charge in [0.15, 0.2) is 0 Å². The molecule has 1 saturated heterocycles. The van der Waals surface area contributed by atoms with Crippen molar-refractivity contribution < 1.29 is 9.53 Å². The van der Waals surface area contributed by atoms with Crippen molar-refractivity contribution in [2.45, 2.75) is 0 Å². The van der Waals surface area contributed by atoms with E-state index in [1.807, 2.05) is 71.6 Å². The number of carbonyl (C=O) groups is 1. The van der Waals surface area contributed by atoms with E-state index in [0.29, 0.717) is 23.7 Å². The maximum Gasteiger partial charge on any atom is 0.254 e.